The third kappa shape index (κ3) is 6.77. The second-order valence-corrected chi connectivity index (χ2v) is 5.09. The summed E-state index contributed by atoms with van der Waals surface area (Å²) >= 11 is 0. The van der Waals surface area contributed by atoms with Crippen LogP contribution in [0.25, 0.3) is 0 Å². The average Bonchev–Trinajstić information content (AvgIpc) is 2.74. The van der Waals surface area contributed by atoms with Crippen LogP contribution in [-0.4, -0.2) is 33.4 Å². The molecule has 1 rings (SSSR count). The van der Waals surface area contributed by atoms with Gasteiger partial charge < -0.3 is 15.7 Å². The van der Waals surface area contributed by atoms with E-state index >= 15 is 0 Å². The van der Waals surface area contributed by atoms with Crippen LogP contribution >= 0.6 is 0 Å². The van der Waals surface area contributed by atoms with E-state index in [2.05, 4.69) is 29.6 Å². The summed E-state index contributed by atoms with van der Waals surface area (Å²) in [7, 11) is 0. The van der Waals surface area contributed by atoms with Crippen molar-refractivity contribution < 1.29 is 14.7 Å². The summed E-state index contributed by atoms with van der Waals surface area (Å²) in [6.07, 6.45) is 6.09. The van der Waals surface area contributed by atoms with Crippen LogP contribution in [0.3, 0.4) is 0 Å². The SMILES string of the molecule is CC(C)CCCCNC(=O)Nc1cnn(CC(=O)O)c1. The van der Waals surface area contributed by atoms with Crippen molar-refractivity contribution >= 4 is 17.7 Å². The minimum absolute atomic E-state index is 0.224. The number of aliphatic carboxylic acids is 1. The van der Waals surface area contributed by atoms with Gasteiger partial charge >= 0.3 is 12.0 Å². The Balaban J connectivity index is 2.21. The molecule has 0 aliphatic carbocycles. The highest BCUT2D eigenvalue weighted by molar-refractivity contribution is 5.88. The minimum atomic E-state index is -0.978. The fourth-order valence-corrected chi connectivity index (χ4v) is 1.71. The van der Waals surface area contributed by atoms with Gasteiger partial charge in [-0.25, -0.2) is 4.79 Å². The number of carboxylic acid groups (broad SMARTS) is 1. The highest BCUT2D eigenvalue weighted by atomic mass is 16.4. The van der Waals surface area contributed by atoms with Gasteiger partial charge in [-0.15, -0.1) is 0 Å². The number of unbranched alkanes of at least 4 members (excludes halogenated alkanes) is 1. The molecule has 0 fully saturated rings. The van der Waals surface area contributed by atoms with Gasteiger partial charge in [0.2, 0.25) is 0 Å². The van der Waals surface area contributed by atoms with Gasteiger partial charge in [0.05, 0.1) is 11.9 Å². The number of rotatable bonds is 8. The molecule has 0 aliphatic heterocycles. The monoisotopic (exact) mass is 282 g/mol. The van der Waals surface area contributed by atoms with E-state index in [0.29, 0.717) is 18.2 Å². The van der Waals surface area contributed by atoms with Crippen LogP contribution in [0, 0.1) is 5.92 Å². The van der Waals surface area contributed by atoms with Crippen molar-refractivity contribution in [3.8, 4) is 0 Å². The maximum Gasteiger partial charge on any atom is 0.325 e. The molecule has 0 saturated heterocycles. The van der Waals surface area contributed by atoms with Crippen molar-refractivity contribution in [2.75, 3.05) is 11.9 Å². The molecule has 0 atom stereocenters. The molecule has 1 heterocycles. The largest absolute Gasteiger partial charge is 0.480 e. The second-order valence-electron chi connectivity index (χ2n) is 5.09. The van der Waals surface area contributed by atoms with E-state index in [1.165, 1.54) is 17.1 Å². The highest BCUT2D eigenvalue weighted by Gasteiger charge is 2.05. The summed E-state index contributed by atoms with van der Waals surface area (Å²) in [6, 6.07) is -0.301. The van der Waals surface area contributed by atoms with Crippen molar-refractivity contribution in [3.63, 3.8) is 0 Å². The fourth-order valence-electron chi connectivity index (χ4n) is 1.71. The molecule has 1 aromatic heterocycles. The normalized spacial score (nSPS) is 10.6. The Bertz CT molecular complexity index is 443. The molecule has 112 valence electrons. The Morgan fingerprint density at radius 2 is 2.15 bits per heavy atom. The molecular formula is C13H22N4O3. The number of nitrogens with zero attached hydrogens (tertiary/aromatic N) is 2. The zero-order chi connectivity index (χ0) is 15.0. The summed E-state index contributed by atoms with van der Waals surface area (Å²) in [6.45, 7) is 4.75. The molecule has 0 unspecified atom stereocenters. The third-order valence-corrected chi connectivity index (χ3v) is 2.68. The Labute approximate surface area is 118 Å². The van der Waals surface area contributed by atoms with Gasteiger partial charge in [0.15, 0.2) is 0 Å². The van der Waals surface area contributed by atoms with Crippen LogP contribution in [0.4, 0.5) is 10.5 Å². The number of carbonyl (C=O) groups is 2. The zero-order valence-corrected chi connectivity index (χ0v) is 11.9. The predicted molar refractivity (Wildman–Crippen MR) is 75.6 cm³/mol. The molecule has 0 spiro atoms. The second kappa shape index (κ2) is 8.19. The lowest BCUT2D eigenvalue weighted by molar-refractivity contribution is -0.137. The van der Waals surface area contributed by atoms with Crippen LogP contribution in [-0.2, 0) is 11.3 Å². The quantitative estimate of drug-likeness (QED) is 0.635. The lowest BCUT2D eigenvalue weighted by atomic mass is 10.1. The van der Waals surface area contributed by atoms with Crippen LogP contribution in [0.2, 0.25) is 0 Å². The van der Waals surface area contributed by atoms with Crippen molar-refractivity contribution in [3.05, 3.63) is 12.4 Å². The lowest BCUT2D eigenvalue weighted by Crippen LogP contribution is -2.29. The number of hydrogen-bond acceptors (Lipinski definition) is 3. The maximum atomic E-state index is 11.6. The van der Waals surface area contributed by atoms with Crippen LogP contribution in [0.1, 0.15) is 33.1 Å². The summed E-state index contributed by atoms with van der Waals surface area (Å²) in [4.78, 5) is 22.1. The number of hydrogen-bond donors (Lipinski definition) is 3. The van der Waals surface area contributed by atoms with Crippen molar-refractivity contribution in [1.82, 2.24) is 15.1 Å². The molecule has 0 aromatic carbocycles. The predicted octanol–water partition coefficient (Wildman–Crippen LogP) is 1.92. The number of carbonyl (C=O) groups excluding carboxylic acids is 1. The first kappa shape index (κ1) is 16.0. The number of amides is 2. The molecule has 2 amide bonds. The van der Waals surface area contributed by atoms with Crippen LogP contribution in [0.5, 0.6) is 0 Å². The van der Waals surface area contributed by atoms with Gasteiger partial charge in [0, 0.05) is 12.7 Å². The fraction of sp³-hybridized carbons (Fsp3) is 0.615. The number of carboxylic acids is 1. The number of aromatic nitrogens is 2. The first-order valence-corrected chi connectivity index (χ1v) is 6.76. The standard InChI is InChI=1S/C13H22N4O3/c1-10(2)5-3-4-6-14-13(20)16-11-7-15-17(8-11)9-12(18)19/h7-8,10H,3-6,9H2,1-2H3,(H,18,19)(H2,14,16,20). The van der Waals surface area contributed by atoms with Gasteiger partial charge in [-0.1, -0.05) is 26.7 Å². The first-order chi connectivity index (χ1) is 9.47. The van der Waals surface area contributed by atoms with Gasteiger partial charge in [0.25, 0.3) is 0 Å². The van der Waals surface area contributed by atoms with E-state index in [4.69, 9.17) is 5.11 Å². The van der Waals surface area contributed by atoms with E-state index in [1.54, 1.807) is 0 Å². The topological polar surface area (TPSA) is 96.3 Å². The average molecular weight is 282 g/mol. The molecule has 0 radical (unpaired) electrons. The Morgan fingerprint density at radius 3 is 2.80 bits per heavy atom. The number of urea groups is 1. The van der Waals surface area contributed by atoms with Gasteiger partial charge in [-0.2, -0.15) is 5.10 Å². The maximum absolute atomic E-state index is 11.6. The Kier molecular flexibility index (Phi) is 6.55. The molecule has 0 aliphatic rings. The summed E-state index contributed by atoms with van der Waals surface area (Å²) in [5.41, 5.74) is 0.478. The smallest absolute Gasteiger partial charge is 0.325 e. The van der Waals surface area contributed by atoms with Gasteiger partial charge in [0.1, 0.15) is 6.54 Å². The molecule has 1 aromatic rings. The van der Waals surface area contributed by atoms with Crippen LogP contribution in [0.15, 0.2) is 12.4 Å². The minimum Gasteiger partial charge on any atom is -0.480 e. The van der Waals surface area contributed by atoms with E-state index in [1.807, 2.05) is 0 Å². The lowest BCUT2D eigenvalue weighted by Gasteiger charge is -2.07. The zero-order valence-electron chi connectivity index (χ0n) is 11.9. The molecule has 7 heteroatoms. The Morgan fingerprint density at radius 1 is 1.40 bits per heavy atom. The molecule has 20 heavy (non-hydrogen) atoms. The summed E-state index contributed by atoms with van der Waals surface area (Å²) in [5, 5.41) is 17.8. The van der Waals surface area contributed by atoms with E-state index < -0.39 is 5.97 Å². The number of anilines is 1. The molecule has 3 N–H and O–H groups in total. The molecule has 0 bridgehead atoms. The van der Waals surface area contributed by atoms with E-state index in [0.717, 1.165) is 19.3 Å². The van der Waals surface area contributed by atoms with Gasteiger partial charge in [-0.3, -0.25) is 9.48 Å². The molecule has 0 saturated carbocycles. The van der Waals surface area contributed by atoms with Crippen molar-refractivity contribution in [2.45, 2.75) is 39.7 Å². The van der Waals surface area contributed by atoms with Crippen molar-refractivity contribution in [2.24, 2.45) is 5.92 Å². The van der Waals surface area contributed by atoms with E-state index in [-0.39, 0.29) is 12.6 Å². The molecular weight excluding hydrogens is 260 g/mol. The molecule has 7 nitrogen and oxygen atoms in total. The highest BCUT2D eigenvalue weighted by Crippen LogP contribution is 2.06. The first-order valence-electron chi connectivity index (χ1n) is 6.76. The van der Waals surface area contributed by atoms with Crippen LogP contribution < -0.4 is 10.6 Å². The summed E-state index contributed by atoms with van der Waals surface area (Å²) < 4.78 is 1.25. The van der Waals surface area contributed by atoms with Gasteiger partial charge in [-0.05, 0) is 12.3 Å². The third-order valence-electron chi connectivity index (χ3n) is 2.68. The summed E-state index contributed by atoms with van der Waals surface area (Å²) in [5.74, 6) is -0.293. The number of nitrogens with one attached hydrogen (secondary N) is 2. The van der Waals surface area contributed by atoms with E-state index in [9.17, 15) is 9.59 Å². The van der Waals surface area contributed by atoms with Crippen molar-refractivity contribution in [1.29, 1.82) is 0 Å². The Hall–Kier alpha value is -2.05.